The average Bonchev–Trinajstić information content (AvgIpc) is 3.05. The Kier molecular flexibility index (Phi) is 4.82. The second-order valence-corrected chi connectivity index (χ2v) is 7.36. The number of aryl methyl sites for hydroxylation is 1. The highest BCUT2D eigenvalue weighted by Gasteiger charge is 2.23. The van der Waals surface area contributed by atoms with E-state index in [1.807, 2.05) is 68.5 Å². The molecule has 0 radical (unpaired) electrons. The highest BCUT2D eigenvalue weighted by molar-refractivity contribution is 8.19. The standard InChI is InChI=1S/C23H19NO2S/c1-3-26-20-13-12-16-6-4-5-7-18(16)19(20)14-21-22(25)24-23(27-21)17-10-8-15(2)9-11-17/h4-14H,3H2,1-2H3/b21-14+. The maximum absolute atomic E-state index is 12.5. The fourth-order valence-corrected chi connectivity index (χ4v) is 3.97. The molecule has 1 heterocycles. The van der Waals surface area contributed by atoms with E-state index in [0.717, 1.165) is 32.7 Å². The van der Waals surface area contributed by atoms with E-state index in [1.165, 1.54) is 17.3 Å². The molecule has 4 heteroatoms. The third-order valence-corrected chi connectivity index (χ3v) is 5.46. The lowest BCUT2D eigenvalue weighted by Gasteiger charge is -2.11. The minimum Gasteiger partial charge on any atom is -0.493 e. The number of rotatable bonds is 4. The number of benzene rings is 3. The van der Waals surface area contributed by atoms with Gasteiger partial charge in [-0.25, -0.2) is 4.99 Å². The summed E-state index contributed by atoms with van der Waals surface area (Å²) in [6.45, 7) is 4.57. The summed E-state index contributed by atoms with van der Waals surface area (Å²) >= 11 is 1.41. The average molecular weight is 373 g/mol. The van der Waals surface area contributed by atoms with Crippen LogP contribution in [0.15, 0.2) is 70.6 Å². The lowest BCUT2D eigenvalue weighted by molar-refractivity contribution is -0.113. The second-order valence-electron chi connectivity index (χ2n) is 6.33. The zero-order valence-corrected chi connectivity index (χ0v) is 16.0. The highest BCUT2D eigenvalue weighted by Crippen LogP contribution is 2.36. The topological polar surface area (TPSA) is 38.7 Å². The van der Waals surface area contributed by atoms with Gasteiger partial charge in [-0.2, -0.15) is 0 Å². The molecule has 0 saturated carbocycles. The minimum atomic E-state index is -0.203. The van der Waals surface area contributed by atoms with Crippen LogP contribution in [0.4, 0.5) is 0 Å². The molecule has 0 aromatic heterocycles. The first-order valence-electron chi connectivity index (χ1n) is 8.90. The van der Waals surface area contributed by atoms with Crippen LogP contribution in [0, 0.1) is 6.92 Å². The number of hydrogen-bond donors (Lipinski definition) is 0. The molecule has 0 bridgehead atoms. The number of aliphatic imine (C=N–C) groups is 1. The largest absolute Gasteiger partial charge is 0.493 e. The number of fused-ring (bicyclic) bond motifs is 1. The fourth-order valence-electron chi connectivity index (χ4n) is 3.07. The second kappa shape index (κ2) is 7.41. The Bertz CT molecular complexity index is 1080. The van der Waals surface area contributed by atoms with E-state index in [0.29, 0.717) is 11.5 Å². The molecule has 4 rings (SSSR count). The van der Waals surface area contributed by atoms with Crippen molar-refractivity contribution in [3.05, 3.63) is 82.3 Å². The third kappa shape index (κ3) is 3.53. The summed E-state index contributed by atoms with van der Waals surface area (Å²) < 4.78 is 5.81. The van der Waals surface area contributed by atoms with E-state index in [2.05, 4.69) is 17.1 Å². The summed E-state index contributed by atoms with van der Waals surface area (Å²) in [5, 5.41) is 2.92. The van der Waals surface area contributed by atoms with Crippen LogP contribution in [0.3, 0.4) is 0 Å². The molecule has 3 aromatic rings. The Balaban J connectivity index is 1.75. The van der Waals surface area contributed by atoms with E-state index in [4.69, 9.17) is 4.74 Å². The van der Waals surface area contributed by atoms with E-state index >= 15 is 0 Å². The molecule has 3 aromatic carbocycles. The van der Waals surface area contributed by atoms with Crippen LogP contribution in [0.5, 0.6) is 5.75 Å². The van der Waals surface area contributed by atoms with Gasteiger partial charge in [0.05, 0.1) is 11.5 Å². The normalized spacial score (nSPS) is 15.4. The Morgan fingerprint density at radius 1 is 1.04 bits per heavy atom. The van der Waals surface area contributed by atoms with Crippen molar-refractivity contribution in [1.29, 1.82) is 0 Å². The predicted octanol–water partition coefficient (Wildman–Crippen LogP) is 5.61. The van der Waals surface area contributed by atoms with Gasteiger partial charge in [0.15, 0.2) is 0 Å². The molecule has 1 aliphatic heterocycles. The van der Waals surface area contributed by atoms with Crippen molar-refractivity contribution < 1.29 is 9.53 Å². The van der Waals surface area contributed by atoms with Gasteiger partial charge in [0, 0.05) is 11.1 Å². The van der Waals surface area contributed by atoms with Gasteiger partial charge >= 0.3 is 0 Å². The van der Waals surface area contributed by atoms with Crippen LogP contribution < -0.4 is 4.74 Å². The van der Waals surface area contributed by atoms with Gasteiger partial charge in [-0.15, -0.1) is 0 Å². The Morgan fingerprint density at radius 3 is 2.59 bits per heavy atom. The van der Waals surface area contributed by atoms with Crippen LogP contribution >= 0.6 is 11.8 Å². The molecule has 0 unspecified atom stereocenters. The molecular weight excluding hydrogens is 354 g/mol. The first-order valence-corrected chi connectivity index (χ1v) is 9.71. The molecule has 1 amide bonds. The first-order chi connectivity index (χ1) is 13.2. The SMILES string of the molecule is CCOc1ccc2ccccc2c1/C=C1/SC(c2ccc(C)cc2)=NC1=O. The van der Waals surface area contributed by atoms with Crippen LogP contribution in [-0.2, 0) is 4.79 Å². The van der Waals surface area contributed by atoms with Gasteiger partial charge in [-0.3, -0.25) is 4.79 Å². The number of amides is 1. The summed E-state index contributed by atoms with van der Waals surface area (Å²) in [6, 6.07) is 20.2. The molecule has 3 nitrogen and oxygen atoms in total. The zero-order chi connectivity index (χ0) is 18.8. The molecule has 134 valence electrons. The summed E-state index contributed by atoms with van der Waals surface area (Å²) in [5.74, 6) is 0.576. The van der Waals surface area contributed by atoms with Crippen molar-refractivity contribution in [3.63, 3.8) is 0 Å². The Labute approximate surface area is 162 Å². The lowest BCUT2D eigenvalue weighted by Crippen LogP contribution is -1.96. The predicted molar refractivity (Wildman–Crippen MR) is 113 cm³/mol. The molecule has 0 aliphatic carbocycles. The van der Waals surface area contributed by atoms with Crippen LogP contribution in [0.25, 0.3) is 16.8 Å². The van der Waals surface area contributed by atoms with Gasteiger partial charge < -0.3 is 4.74 Å². The summed E-state index contributed by atoms with van der Waals surface area (Å²) in [5.41, 5.74) is 3.07. The minimum absolute atomic E-state index is 0.203. The molecule has 0 saturated heterocycles. The van der Waals surface area contributed by atoms with E-state index in [1.54, 1.807) is 0 Å². The molecule has 0 fully saturated rings. The van der Waals surface area contributed by atoms with Gasteiger partial charge in [0.2, 0.25) is 0 Å². The molecule has 0 N–H and O–H groups in total. The summed E-state index contributed by atoms with van der Waals surface area (Å²) in [6.07, 6.45) is 1.91. The Hall–Kier alpha value is -2.85. The molecular formula is C23H19NO2S. The van der Waals surface area contributed by atoms with E-state index < -0.39 is 0 Å². The number of carbonyl (C=O) groups is 1. The van der Waals surface area contributed by atoms with Gasteiger partial charge in [0.1, 0.15) is 10.8 Å². The smallest absolute Gasteiger partial charge is 0.284 e. The van der Waals surface area contributed by atoms with Crippen molar-refractivity contribution in [2.24, 2.45) is 4.99 Å². The van der Waals surface area contributed by atoms with Crippen molar-refractivity contribution >= 4 is 39.6 Å². The van der Waals surface area contributed by atoms with E-state index in [9.17, 15) is 4.79 Å². The van der Waals surface area contributed by atoms with E-state index in [-0.39, 0.29) is 5.91 Å². The fraction of sp³-hybridized carbons (Fsp3) is 0.130. The maximum Gasteiger partial charge on any atom is 0.284 e. The third-order valence-electron chi connectivity index (χ3n) is 4.42. The summed E-state index contributed by atoms with van der Waals surface area (Å²) in [4.78, 5) is 17.4. The van der Waals surface area contributed by atoms with Crippen LogP contribution in [0.1, 0.15) is 23.6 Å². The number of thioether (sulfide) groups is 1. The quantitative estimate of drug-likeness (QED) is 0.558. The van der Waals surface area contributed by atoms with Crippen molar-refractivity contribution in [2.75, 3.05) is 6.61 Å². The highest BCUT2D eigenvalue weighted by atomic mass is 32.2. The number of carbonyl (C=O) groups excluding carboxylic acids is 1. The van der Waals surface area contributed by atoms with Gasteiger partial charge in [-0.05, 0) is 36.8 Å². The number of ether oxygens (including phenoxy) is 1. The number of nitrogens with zero attached hydrogens (tertiary/aromatic N) is 1. The van der Waals surface area contributed by atoms with Crippen molar-refractivity contribution in [3.8, 4) is 5.75 Å². The maximum atomic E-state index is 12.5. The molecule has 0 atom stereocenters. The van der Waals surface area contributed by atoms with Crippen molar-refractivity contribution in [2.45, 2.75) is 13.8 Å². The van der Waals surface area contributed by atoms with Crippen molar-refractivity contribution in [1.82, 2.24) is 0 Å². The lowest BCUT2D eigenvalue weighted by atomic mass is 10.0. The van der Waals surface area contributed by atoms with Gasteiger partial charge in [-0.1, -0.05) is 71.9 Å². The number of hydrogen-bond acceptors (Lipinski definition) is 3. The molecule has 27 heavy (non-hydrogen) atoms. The van der Waals surface area contributed by atoms with Crippen LogP contribution in [-0.4, -0.2) is 17.6 Å². The first kappa shape index (κ1) is 17.6. The Morgan fingerprint density at radius 2 is 1.81 bits per heavy atom. The van der Waals surface area contributed by atoms with Gasteiger partial charge in [0.25, 0.3) is 5.91 Å². The molecule has 1 aliphatic rings. The molecule has 0 spiro atoms. The zero-order valence-electron chi connectivity index (χ0n) is 15.2. The summed E-state index contributed by atoms with van der Waals surface area (Å²) in [7, 11) is 0. The van der Waals surface area contributed by atoms with Crippen LogP contribution in [0.2, 0.25) is 0 Å². The monoisotopic (exact) mass is 373 g/mol.